The first-order valence-electron chi connectivity index (χ1n) is 7.63. The van der Waals surface area contributed by atoms with E-state index in [0.29, 0.717) is 5.41 Å². The molecular formula is C14H26BNO. The highest BCUT2D eigenvalue weighted by Gasteiger charge is 2.49. The maximum absolute atomic E-state index is 9.67. The van der Waals surface area contributed by atoms with Crippen LogP contribution in [0.4, 0.5) is 0 Å². The molecule has 0 aromatic rings. The van der Waals surface area contributed by atoms with Gasteiger partial charge in [0.05, 0.1) is 0 Å². The van der Waals surface area contributed by atoms with E-state index in [2.05, 4.69) is 4.81 Å². The Balaban J connectivity index is 1.67. The highest BCUT2D eigenvalue weighted by Crippen LogP contribution is 2.57. The van der Waals surface area contributed by atoms with Crippen molar-refractivity contribution in [3.8, 4) is 0 Å². The third-order valence-corrected chi connectivity index (χ3v) is 6.03. The predicted molar refractivity (Wildman–Crippen MR) is 71.8 cm³/mol. The number of nitrogens with zero attached hydrogens (tertiary/aromatic N) is 1. The van der Waals surface area contributed by atoms with Gasteiger partial charge in [-0.25, -0.2) is 0 Å². The Morgan fingerprint density at radius 2 is 1.76 bits per heavy atom. The number of fused-ring (bicyclic) bond motifs is 2. The molecule has 0 bridgehead atoms. The van der Waals surface area contributed by atoms with Crippen molar-refractivity contribution in [2.24, 2.45) is 17.3 Å². The Hall–Kier alpha value is -0.0151. The molecule has 1 saturated heterocycles. The lowest BCUT2D eigenvalue weighted by molar-refractivity contribution is 0.0626. The fraction of sp³-hybridized carbons (Fsp3) is 1.00. The molecule has 1 aliphatic heterocycles. The third-order valence-electron chi connectivity index (χ3n) is 6.03. The summed E-state index contributed by atoms with van der Waals surface area (Å²) in [6, 6.07) is 0. The molecule has 2 aliphatic carbocycles. The molecule has 3 heteroatoms. The summed E-state index contributed by atoms with van der Waals surface area (Å²) in [6.07, 6.45) is 11.6. The predicted octanol–water partition coefficient (Wildman–Crippen LogP) is 2.78. The van der Waals surface area contributed by atoms with Crippen molar-refractivity contribution in [1.82, 2.24) is 4.81 Å². The Labute approximate surface area is 106 Å². The second kappa shape index (κ2) is 4.58. The maximum Gasteiger partial charge on any atom is 0.376 e. The molecule has 96 valence electrons. The third kappa shape index (κ3) is 2.06. The van der Waals surface area contributed by atoms with Gasteiger partial charge < -0.3 is 9.83 Å². The average molecular weight is 235 g/mol. The molecule has 17 heavy (non-hydrogen) atoms. The summed E-state index contributed by atoms with van der Waals surface area (Å²) in [5, 5.41) is 9.67. The minimum Gasteiger partial charge on any atom is -0.437 e. The van der Waals surface area contributed by atoms with Crippen LogP contribution in [0, 0.1) is 17.3 Å². The van der Waals surface area contributed by atoms with E-state index in [-0.39, 0.29) is 7.05 Å². The number of hydrogen-bond donors (Lipinski definition) is 1. The summed E-state index contributed by atoms with van der Waals surface area (Å²) in [7, 11) is -0.240. The van der Waals surface area contributed by atoms with Gasteiger partial charge in [0.25, 0.3) is 0 Å². The second-order valence-electron chi connectivity index (χ2n) is 6.72. The SMILES string of the molecule is CB(O)N1CCC2(CC[C@@H]3CCCC[C@@H]32)CC1. The van der Waals surface area contributed by atoms with Crippen LogP contribution in [-0.2, 0) is 0 Å². The van der Waals surface area contributed by atoms with Crippen molar-refractivity contribution >= 4 is 7.05 Å². The number of piperidine rings is 1. The first-order chi connectivity index (χ1) is 8.21. The minimum atomic E-state index is -0.240. The molecule has 3 rings (SSSR count). The van der Waals surface area contributed by atoms with E-state index >= 15 is 0 Å². The summed E-state index contributed by atoms with van der Waals surface area (Å²) >= 11 is 0. The zero-order chi connectivity index (χ0) is 11.9. The fourth-order valence-electron chi connectivity index (χ4n) is 4.98. The highest BCUT2D eigenvalue weighted by atomic mass is 16.2. The molecule has 0 radical (unpaired) electrons. The van der Waals surface area contributed by atoms with Crippen molar-refractivity contribution in [2.45, 2.75) is 58.2 Å². The molecule has 1 spiro atoms. The van der Waals surface area contributed by atoms with Gasteiger partial charge >= 0.3 is 7.05 Å². The van der Waals surface area contributed by atoms with Gasteiger partial charge in [0.15, 0.2) is 0 Å². The normalized spacial score (nSPS) is 37.1. The Morgan fingerprint density at radius 1 is 1.06 bits per heavy atom. The molecule has 1 N–H and O–H groups in total. The van der Waals surface area contributed by atoms with Crippen LogP contribution in [0.25, 0.3) is 0 Å². The van der Waals surface area contributed by atoms with Crippen LogP contribution in [0.1, 0.15) is 51.4 Å². The first kappa shape index (κ1) is 12.0. The van der Waals surface area contributed by atoms with Gasteiger partial charge in [-0.1, -0.05) is 19.3 Å². The van der Waals surface area contributed by atoms with Crippen molar-refractivity contribution in [1.29, 1.82) is 0 Å². The number of hydrogen-bond acceptors (Lipinski definition) is 2. The van der Waals surface area contributed by atoms with Gasteiger partial charge in [-0.15, -0.1) is 0 Å². The van der Waals surface area contributed by atoms with E-state index in [1.165, 1.54) is 51.4 Å². The molecule has 0 amide bonds. The van der Waals surface area contributed by atoms with Gasteiger partial charge in [-0.3, -0.25) is 0 Å². The number of rotatable bonds is 1. The Kier molecular flexibility index (Phi) is 3.25. The molecule has 0 aromatic carbocycles. The monoisotopic (exact) mass is 235 g/mol. The summed E-state index contributed by atoms with van der Waals surface area (Å²) in [4.78, 5) is 2.25. The van der Waals surface area contributed by atoms with Gasteiger partial charge in [0.1, 0.15) is 0 Å². The average Bonchev–Trinajstić information content (AvgIpc) is 2.70. The van der Waals surface area contributed by atoms with Crippen LogP contribution in [0.5, 0.6) is 0 Å². The van der Waals surface area contributed by atoms with E-state index in [1.54, 1.807) is 0 Å². The van der Waals surface area contributed by atoms with E-state index in [1.807, 2.05) is 6.82 Å². The van der Waals surface area contributed by atoms with Crippen LogP contribution < -0.4 is 0 Å². The standard InChI is InChI=1S/C14H26BNO/c1-15(17)16-10-8-14(9-11-16)7-6-12-4-2-3-5-13(12)14/h12-13,17H,2-11H2,1H3/t12-,13-/m0/s1. The molecule has 2 saturated carbocycles. The van der Waals surface area contributed by atoms with Gasteiger partial charge in [0, 0.05) is 0 Å². The Bertz CT molecular complexity index is 273. The quantitative estimate of drug-likeness (QED) is 0.706. The van der Waals surface area contributed by atoms with Crippen LogP contribution >= 0.6 is 0 Å². The van der Waals surface area contributed by atoms with Crippen molar-refractivity contribution in [2.75, 3.05) is 13.1 Å². The van der Waals surface area contributed by atoms with Crippen LogP contribution in [0.15, 0.2) is 0 Å². The molecule has 1 heterocycles. The van der Waals surface area contributed by atoms with E-state index < -0.39 is 0 Å². The smallest absolute Gasteiger partial charge is 0.376 e. The maximum atomic E-state index is 9.67. The van der Waals surface area contributed by atoms with Crippen molar-refractivity contribution in [3.05, 3.63) is 0 Å². The van der Waals surface area contributed by atoms with Gasteiger partial charge in [0.2, 0.25) is 0 Å². The lowest BCUT2D eigenvalue weighted by Gasteiger charge is -2.46. The lowest BCUT2D eigenvalue weighted by atomic mass is 9.64. The van der Waals surface area contributed by atoms with E-state index in [4.69, 9.17) is 0 Å². The fourth-order valence-corrected chi connectivity index (χ4v) is 4.98. The van der Waals surface area contributed by atoms with E-state index in [9.17, 15) is 5.02 Å². The summed E-state index contributed by atoms with van der Waals surface area (Å²) in [6.45, 7) is 4.16. The summed E-state index contributed by atoms with van der Waals surface area (Å²) in [5.41, 5.74) is 0.677. The molecule has 0 aromatic heterocycles. The van der Waals surface area contributed by atoms with Gasteiger partial charge in [-0.05, 0) is 69.3 Å². The van der Waals surface area contributed by atoms with E-state index in [0.717, 1.165) is 24.9 Å². The largest absolute Gasteiger partial charge is 0.437 e. The van der Waals surface area contributed by atoms with Gasteiger partial charge in [-0.2, -0.15) is 0 Å². The molecule has 2 atom stereocenters. The molecule has 0 unspecified atom stereocenters. The zero-order valence-electron chi connectivity index (χ0n) is 11.2. The molecule has 2 nitrogen and oxygen atoms in total. The highest BCUT2D eigenvalue weighted by molar-refractivity contribution is 6.45. The minimum absolute atomic E-state index is 0.240. The molecular weight excluding hydrogens is 209 g/mol. The summed E-state index contributed by atoms with van der Waals surface area (Å²) < 4.78 is 0. The van der Waals surface area contributed by atoms with Crippen molar-refractivity contribution in [3.63, 3.8) is 0 Å². The van der Waals surface area contributed by atoms with Crippen LogP contribution in [0.2, 0.25) is 6.82 Å². The molecule has 3 fully saturated rings. The summed E-state index contributed by atoms with van der Waals surface area (Å²) in [5.74, 6) is 2.09. The lowest BCUT2D eigenvalue weighted by Crippen LogP contribution is -2.48. The first-order valence-corrected chi connectivity index (χ1v) is 7.63. The zero-order valence-corrected chi connectivity index (χ0v) is 11.2. The topological polar surface area (TPSA) is 23.5 Å². The van der Waals surface area contributed by atoms with Crippen LogP contribution in [0.3, 0.4) is 0 Å². The van der Waals surface area contributed by atoms with Crippen LogP contribution in [-0.4, -0.2) is 30.0 Å². The second-order valence-corrected chi connectivity index (χ2v) is 6.72. The molecule has 3 aliphatic rings. The Morgan fingerprint density at radius 3 is 2.47 bits per heavy atom. The van der Waals surface area contributed by atoms with Crippen molar-refractivity contribution < 1.29 is 5.02 Å².